The Kier molecular flexibility index (Phi) is 5.26. The molecule has 0 saturated heterocycles. The van der Waals surface area contributed by atoms with Crippen molar-refractivity contribution < 1.29 is 9.84 Å². The van der Waals surface area contributed by atoms with Crippen molar-refractivity contribution in [3.63, 3.8) is 0 Å². The smallest absolute Gasteiger partial charge is 0.213 e. The number of unbranched alkanes of at least 4 members (excludes halogenated alkanes) is 1. The fourth-order valence-electron chi connectivity index (χ4n) is 1.36. The molecule has 16 heavy (non-hydrogen) atoms. The average Bonchev–Trinajstić information content (AvgIpc) is 2.29. The summed E-state index contributed by atoms with van der Waals surface area (Å²) in [5.74, 6) is 0.976. The molecule has 0 fully saturated rings. The van der Waals surface area contributed by atoms with Crippen molar-refractivity contribution in [2.45, 2.75) is 46.1 Å². The van der Waals surface area contributed by atoms with Crippen LogP contribution in [0, 0.1) is 0 Å². The van der Waals surface area contributed by atoms with E-state index in [4.69, 9.17) is 9.84 Å². The molecule has 0 unspecified atom stereocenters. The molecule has 0 atom stereocenters. The van der Waals surface area contributed by atoms with E-state index in [2.05, 4.69) is 25.8 Å². The maximum Gasteiger partial charge on any atom is 0.213 e. The normalized spacial score (nSPS) is 10.8. The third-order valence-electron chi connectivity index (χ3n) is 2.40. The summed E-state index contributed by atoms with van der Waals surface area (Å²) >= 11 is 0. The largest absolute Gasteiger partial charge is 0.478 e. The van der Waals surface area contributed by atoms with Crippen molar-refractivity contribution in [3.05, 3.63) is 23.4 Å². The highest BCUT2D eigenvalue weighted by molar-refractivity contribution is 5.26. The molecule has 1 aromatic heterocycles. The number of aliphatic hydroxyl groups is 1. The maximum absolute atomic E-state index is 9.16. The number of ether oxygens (including phenoxy) is 1. The Hall–Kier alpha value is -1.09. The number of pyridine rings is 1. The molecule has 0 aliphatic rings. The number of hydrogen-bond acceptors (Lipinski definition) is 3. The zero-order valence-corrected chi connectivity index (χ0v) is 10.4. The van der Waals surface area contributed by atoms with Gasteiger partial charge in [-0.1, -0.05) is 27.2 Å². The summed E-state index contributed by atoms with van der Waals surface area (Å²) in [6.07, 6.45) is 2.14. The predicted molar refractivity (Wildman–Crippen MR) is 64.7 cm³/mol. The van der Waals surface area contributed by atoms with E-state index in [1.807, 2.05) is 12.1 Å². The highest BCUT2D eigenvalue weighted by Crippen LogP contribution is 2.19. The van der Waals surface area contributed by atoms with Crippen molar-refractivity contribution in [3.8, 4) is 5.88 Å². The number of nitrogens with zero attached hydrogens (tertiary/aromatic N) is 1. The van der Waals surface area contributed by atoms with Gasteiger partial charge in [0.1, 0.15) is 0 Å². The molecule has 0 aromatic carbocycles. The van der Waals surface area contributed by atoms with Crippen molar-refractivity contribution >= 4 is 0 Å². The Morgan fingerprint density at radius 1 is 1.38 bits per heavy atom. The van der Waals surface area contributed by atoms with E-state index in [-0.39, 0.29) is 6.61 Å². The van der Waals surface area contributed by atoms with Crippen LogP contribution >= 0.6 is 0 Å². The molecule has 1 N–H and O–H groups in total. The molecule has 1 aromatic rings. The van der Waals surface area contributed by atoms with Gasteiger partial charge in [0.05, 0.1) is 13.2 Å². The molecule has 3 nitrogen and oxygen atoms in total. The number of aromatic nitrogens is 1. The van der Waals surface area contributed by atoms with Gasteiger partial charge in [-0.05, 0) is 24.0 Å². The monoisotopic (exact) mass is 223 g/mol. The van der Waals surface area contributed by atoms with Gasteiger partial charge in [-0.25, -0.2) is 4.98 Å². The molecule has 0 aliphatic carbocycles. The summed E-state index contributed by atoms with van der Waals surface area (Å²) < 4.78 is 5.56. The summed E-state index contributed by atoms with van der Waals surface area (Å²) in [6, 6.07) is 3.74. The van der Waals surface area contributed by atoms with Crippen LogP contribution in [0.15, 0.2) is 12.1 Å². The van der Waals surface area contributed by atoms with Gasteiger partial charge in [0.15, 0.2) is 0 Å². The summed E-state index contributed by atoms with van der Waals surface area (Å²) in [6.45, 7) is 7.02. The Morgan fingerprint density at radius 2 is 2.12 bits per heavy atom. The fourth-order valence-corrected chi connectivity index (χ4v) is 1.36. The number of rotatable bonds is 6. The van der Waals surface area contributed by atoms with Gasteiger partial charge < -0.3 is 9.84 Å². The number of aliphatic hydroxyl groups excluding tert-OH is 1. The molecule has 0 spiro atoms. The van der Waals surface area contributed by atoms with Crippen molar-refractivity contribution in [2.24, 2.45) is 0 Å². The molecule has 0 radical (unpaired) electrons. The minimum atomic E-state index is 0.0341. The Morgan fingerprint density at radius 3 is 2.69 bits per heavy atom. The minimum absolute atomic E-state index is 0.0341. The molecule has 1 rings (SSSR count). The van der Waals surface area contributed by atoms with Crippen LogP contribution in [-0.2, 0) is 6.61 Å². The SMILES string of the molecule is CCCCOc1cc(CO)cc(C(C)C)n1. The van der Waals surface area contributed by atoms with Crippen molar-refractivity contribution in [1.82, 2.24) is 4.98 Å². The quantitative estimate of drug-likeness (QED) is 0.754. The average molecular weight is 223 g/mol. The third-order valence-corrected chi connectivity index (χ3v) is 2.40. The zero-order valence-electron chi connectivity index (χ0n) is 10.4. The lowest BCUT2D eigenvalue weighted by molar-refractivity contribution is 0.275. The van der Waals surface area contributed by atoms with E-state index in [9.17, 15) is 0 Å². The topological polar surface area (TPSA) is 42.4 Å². The highest BCUT2D eigenvalue weighted by Gasteiger charge is 2.06. The van der Waals surface area contributed by atoms with Gasteiger partial charge in [0, 0.05) is 11.8 Å². The summed E-state index contributed by atoms with van der Waals surface area (Å²) in [4.78, 5) is 4.42. The Labute approximate surface area is 97.5 Å². The molecule has 90 valence electrons. The third kappa shape index (κ3) is 3.81. The van der Waals surface area contributed by atoms with E-state index >= 15 is 0 Å². The Bertz CT molecular complexity index is 324. The lowest BCUT2D eigenvalue weighted by Crippen LogP contribution is -2.03. The minimum Gasteiger partial charge on any atom is -0.478 e. The molecule has 0 aliphatic heterocycles. The second-order valence-electron chi connectivity index (χ2n) is 4.25. The first-order chi connectivity index (χ1) is 7.67. The van der Waals surface area contributed by atoms with E-state index in [1.54, 1.807) is 0 Å². The molecule has 0 bridgehead atoms. The fraction of sp³-hybridized carbons (Fsp3) is 0.615. The van der Waals surface area contributed by atoms with Crippen LogP contribution in [0.2, 0.25) is 0 Å². The molecule has 3 heteroatoms. The van der Waals surface area contributed by atoms with E-state index in [0.29, 0.717) is 18.4 Å². The van der Waals surface area contributed by atoms with Crippen molar-refractivity contribution in [1.29, 1.82) is 0 Å². The summed E-state index contributed by atoms with van der Waals surface area (Å²) in [5.41, 5.74) is 1.84. The summed E-state index contributed by atoms with van der Waals surface area (Å²) in [7, 11) is 0. The summed E-state index contributed by atoms with van der Waals surface area (Å²) in [5, 5.41) is 9.16. The van der Waals surface area contributed by atoms with E-state index in [0.717, 1.165) is 24.1 Å². The zero-order chi connectivity index (χ0) is 12.0. The molecular formula is C13H21NO2. The van der Waals surface area contributed by atoms with Crippen LogP contribution in [0.5, 0.6) is 5.88 Å². The van der Waals surface area contributed by atoms with Gasteiger partial charge in [-0.2, -0.15) is 0 Å². The van der Waals surface area contributed by atoms with Gasteiger partial charge in [-0.15, -0.1) is 0 Å². The standard InChI is InChI=1S/C13H21NO2/c1-4-5-6-16-13-8-11(9-15)7-12(14-13)10(2)3/h7-8,10,15H,4-6,9H2,1-3H3. The van der Waals surface area contributed by atoms with Crippen molar-refractivity contribution in [2.75, 3.05) is 6.61 Å². The first kappa shape index (κ1) is 13.0. The van der Waals surface area contributed by atoms with Crippen LogP contribution in [0.25, 0.3) is 0 Å². The van der Waals surface area contributed by atoms with Crippen LogP contribution in [-0.4, -0.2) is 16.7 Å². The van der Waals surface area contributed by atoms with Crippen LogP contribution in [0.1, 0.15) is 50.8 Å². The van der Waals surface area contributed by atoms with Gasteiger partial charge in [0.2, 0.25) is 5.88 Å². The Balaban J connectivity index is 2.78. The molecule has 1 heterocycles. The number of hydrogen-bond donors (Lipinski definition) is 1. The second kappa shape index (κ2) is 6.48. The van der Waals surface area contributed by atoms with E-state index < -0.39 is 0 Å². The van der Waals surface area contributed by atoms with Crippen LogP contribution in [0.3, 0.4) is 0 Å². The molecule has 0 amide bonds. The van der Waals surface area contributed by atoms with E-state index in [1.165, 1.54) is 0 Å². The lowest BCUT2D eigenvalue weighted by Gasteiger charge is -2.10. The predicted octanol–water partition coefficient (Wildman–Crippen LogP) is 2.88. The first-order valence-electron chi connectivity index (χ1n) is 5.91. The van der Waals surface area contributed by atoms with Crippen LogP contribution in [0.4, 0.5) is 0 Å². The van der Waals surface area contributed by atoms with Gasteiger partial charge in [0.25, 0.3) is 0 Å². The van der Waals surface area contributed by atoms with Gasteiger partial charge >= 0.3 is 0 Å². The van der Waals surface area contributed by atoms with Crippen LogP contribution < -0.4 is 4.74 Å². The molecule has 0 saturated carbocycles. The lowest BCUT2D eigenvalue weighted by atomic mass is 10.1. The highest BCUT2D eigenvalue weighted by atomic mass is 16.5. The second-order valence-corrected chi connectivity index (χ2v) is 4.25. The maximum atomic E-state index is 9.16. The van der Waals surface area contributed by atoms with Gasteiger partial charge in [-0.3, -0.25) is 0 Å². The molecular weight excluding hydrogens is 202 g/mol. The first-order valence-corrected chi connectivity index (χ1v) is 5.91.